The summed E-state index contributed by atoms with van der Waals surface area (Å²) < 4.78 is 0. The van der Waals surface area contributed by atoms with Crippen LogP contribution < -0.4 is 11.5 Å². The van der Waals surface area contributed by atoms with Gasteiger partial charge < -0.3 is 16.4 Å². The zero-order chi connectivity index (χ0) is 15.2. The van der Waals surface area contributed by atoms with Crippen LogP contribution in [-0.2, 0) is 10.3 Å². The van der Waals surface area contributed by atoms with E-state index in [1.165, 1.54) is 0 Å². The molecule has 0 spiro atoms. The van der Waals surface area contributed by atoms with Gasteiger partial charge in [0, 0.05) is 6.54 Å². The molecule has 0 aliphatic heterocycles. The molecule has 1 rings (SSSR count). The van der Waals surface area contributed by atoms with Gasteiger partial charge >= 0.3 is 0 Å². The third-order valence-corrected chi connectivity index (χ3v) is 3.70. The van der Waals surface area contributed by atoms with Crippen molar-refractivity contribution in [1.29, 1.82) is 0 Å². The minimum absolute atomic E-state index is 0.471. The van der Waals surface area contributed by atoms with Crippen LogP contribution in [0.2, 0.25) is 0 Å². The normalized spacial score (nSPS) is 14.5. The molecular weight excluding hydrogens is 250 g/mol. The van der Waals surface area contributed by atoms with Gasteiger partial charge in [-0.15, -0.1) is 0 Å². The Morgan fingerprint density at radius 2 is 1.85 bits per heavy atom. The maximum atomic E-state index is 11.8. The van der Waals surface area contributed by atoms with E-state index in [9.17, 15) is 4.79 Å². The maximum Gasteiger partial charge on any atom is 0.242 e. The molecule has 4 nitrogen and oxygen atoms in total. The smallest absolute Gasteiger partial charge is 0.242 e. The highest BCUT2D eigenvalue weighted by Crippen LogP contribution is 2.22. The fraction of sp³-hybridized carbons (Fsp3) is 0.562. The first-order valence-electron chi connectivity index (χ1n) is 7.19. The molecule has 20 heavy (non-hydrogen) atoms. The van der Waals surface area contributed by atoms with Gasteiger partial charge in [0.1, 0.15) is 5.54 Å². The van der Waals surface area contributed by atoms with Crippen molar-refractivity contribution in [2.45, 2.75) is 32.2 Å². The van der Waals surface area contributed by atoms with Crippen LogP contribution in [0.3, 0.4) is 0 Å². The lowest BCUT2D eigenvalue weighted by Crippen LogP contribution is -2.50. The Morgan fingerprint density at radius 3 is 2.35 bits per heavy atom. The molecule has 1 unspecified atom stereocenters. The molecule has 0 heterocycles. The Hall–Kier alpha value is -1.39. The number of nitrogens with zero attached hydrogens (tertiary/aromatic N) is 1. The van der Waals surface area contributed by atoms with Gasteiger partial charge in [-0.3, -0.25) is 4.79 Å². The van der Waals surface area contributed by atoms with Crippen LogP contribution in [0.1, 0.15) is 32.3 Å². The van der Waals surface area contributed by atoms with Crippen molar-refractivity contribution in [1.82, 2.24) is 4.90 Å². The molecule has 0 bridgehead atoms. The number of rotatable bonds is 8. The molecule has 0 saturated carbocycles. The van der Waals surface area contributed by atoms with E-state index < -0.39 is 11.4 Å². The predicted octanol–water partition coefficient (Wildman–Crippen LogP) is 1.69. The molecule has 4 N–H and O–H groups in total. The van der Waals surface area contributed by atoms with Crippen LogP contribution in [-0.4, -0.2) is 30.9 Å². The lowest BCUT2D eigenvalue weighted by molar-refractivity contribution is -0.123. The van der Waals surface area contributed by atoms with E-state index in [4.69, 9.17) is 11.5 Å². The van der Waals surface area contributed by atoms with Crippen LogP contribution >= 0.6 is 0 Å². The highest BCUT2D eigenvalue weighted by Gasteiger charge is 2.33. The molecule has 0 aromatic heterocycles. The number of primary amides is 1. The fourth-order valence-electron chi connectivity index (χ4n) is 2.10. The van der Waals surface area contributed by atoms with Crippen molar-refractivity contribution in [3.05, 3.63) is 35.9 Å². The van der Waals surface area contributed by atoms with Crippen molar-refractivity contribution in [2.75, 3.05) is 20.1 Å². The molecule has 0 saturated heterocycles. The number of carbonyl (C=O) groups excluding carboxylic acids is 1. The Bertz CT molecular complexity index is 419. The third kappa shape index (κ3) is 4.62. The first-order chi connectivity index (χ1) is 9.36. The summed E-state index contributed by atoms with van der Waals surface area (Å²) in [5.41, 5.74) is 11.5. The van der Waals surface area contributed by atoms with Crippen molar-refractivity contribution in [3.8, 4) is 0 Å². The minimum Gasteiger partial charge on any atom is -0.368 e. The second-order valence-electron chi connectivity index (χ2n) is 5.94. The predicted molar refractivity (Wildman–Crippen MR) is 83.1 cm³/mol. The van der Waals surface area contributed by atoms with E-state index in [1.807, 2.05) is 30.3 Å². The summed E-state index contributed by atoms with van der Waals surface area (Å²) >= 11 is 0. The number of benzene rings is 1. The second kappa shape index (κ2) is 7.41. The van der Waals surface area contributed by atoms with Crippen LogP contribution in [0, 0.1) is 5.92 Å². The first-order valence-corrected chi connectivity index (χ1v) is 7.19. The number of amides is 1. The topological polar surface area (TPSA) is 72.3 Å². The van der Waals surface area contributed by atoms with Crippen LogP contribution in [0.5, 0.6) is 0 Å². The molecule has 0 fully saturated rings. The average molecular weight is 277 g/mol. The van der Waals surface area contributed by atoms with Crippen LogP contribution in [0.25, 0.3) is 0 Å². The maximum absolute atomic E-state index is 11.8. The summed E-state index contributed by atoms with van der Waals surface area (Å²) in [5, 5.41) is 0. The van der Waals surface area contributed by atoms with E-state index in [0.717, 1.165) is 25.1 Å². The lowest BCUT2D eigenvalue weighted by atomic mass is 9.86. The minimum atomic E-state index is -1.09. The van der Waals surface area contributed by atoms with Gasteiger partial charge in [0.15, 0.2) is 0 Å². The molecule has 4 heteroatoms. The fourth-order valence-corrected chi connectivity index (χ4v) is 2.10. The summed E-state index contributed by atoms with van der Waals surface area (Å²) in [6, 6.07) is 9.38. The lowest BCUT2D eigenvalue weighted by Gasteiger charge is -2.29. The van der Waals surface area contributed by atoms with E-state index in [1.54, 1.807) is 0 Å². The van der Waals surface area contributed by atoms with Gasteiger partial charge in [-0.25, -0.2) is 0 Å². The SMILES string of the molecule is CC(C)CCN(C)CCC(N)(C(N)=O)c1ccccc1. The number of hydrogen-bond donors (Lipinski definition) is 2. The Kier molecular flexibility index (Phi) is 6.17. The third-order valence-electron chi connectivity index (χ3n) is 3.70. The standard InChI is InChI=1S/C16H27N3O/c1-13(2)9-11-19(3)12-10-16(18,15(17)20)14-7-5-4-6-8-14/h4-8,13H,9-12,18H2,1-3H3,(H2,17,20). The summed E-state index contributed by atoms with van der Waals surface area (Å²) in [7, 11) is 2.05. The highest BCUT2D eigenvalue weighted by atomic mass is 16.1. The number of hydrogen-bond acceptors (Lipinski definition) is 3. The van der Waals surface area contributed by atoms with E-state index in [2.05, 4.69) is 25.8 Å². The quantitative estimate of drug-likeness (QED) is 0.759. The Balaban J connectivity index is 2.67. The molecule has 0 aliphatic rings. The average Bonchev–Trinajstić information content (AvgIpc) is 2.43. The Morgan fingerprint density at radius 1 is 1.25 bits per heavy atom. The monoisotopic (exact) mass is 277 g/mol. The van der Waals surface area contributed by atoms with Crippen molar-refractivity contribution >= 4 is 5.91 Å². The molecule has 1 aromatic carbocycles. The Labute approximate surface area is 122 Å². The van der Waals surface area contributed by atoms with Crippen LogP contribution in [0.15, 0.2) is 30.3 Å². The summed E-state index contributed by atoms with van der Waals surface area (Å²) in [6.07, 6.45) is 1.66. The molecule has 1 aromatic rings. The largest absolute Gasteiger partial charge is 0.368 e. The number of carbonyl (C=O) groups is 1. The van der Waals surface area contributed by atoms with E-state index in [-0.39, 0.29) is 0 Å². The van der Waals surface area contributed by atoms with Gasteiger partial charge in [-0.05, 0) is 37.9 Å². The zero-order valence-electron chi connectivity index (χ0n) is 12.8. The summed E-state index contributed by atoms with van der Waals surface area (Å²) in [4.78, 5) is 14.0. The molecule has 0 aliphatic carbocycles. The van der Waals surface area contributed by atoms with Crippen molar-refractivity contribution in [3.63, 3.8) is 0 Å². The van der Waals surface area contributed by atoms with Crippen molar-refractivity contribution < 1.29 is 4.79 Å². The van der Waals surface area contributed by atoms with Gasteiger partial charge in [-0.1, -0.05) is 44.2 Å². The molecule has 112 valence electrons. The van der Waals surface area contributed by atoms with Gasteiger partial charge in [0.05, 0.1) is 0 Å². The van der Waals surface area contributed by atoms with Gasteiger partial charge in [0.25, 0.3) is 0 Å². The van der Waals surface area contributed by atoms with E-state index in [0.29, 0.717) is 12.3 Å². The van der Waals surface area contributed by atoms with E-state index >= 15 is 0 Å². The first kappa shape index (κ1) is 16.7. The summed E-state index contributed by atoms with van der Waals surface area (Å²) in [5.74, 6) is 0.200. The van der Waals surface area contributed by atoms with Gasteiger partial charge in [-0.2, -0.15) is 0 Å². The second-order valence-corrected chi connectivity index (χ2v) is 5.94. The highest BCUT2D eigenvalue weighted by molar-refractivity contribution is 5.85. The van der Waals surface area contributed by atoms with Gasteiger partial charge in [0.2, 0.25) is 5.91 Å². The zero-order valence-corrected chi connectivity index (χ0v) is 12.8. The summed E-state index contributed by atoms with van der Waals surface area (Å²) in [6.45, 7) is 6.16. The molecule has 0 radical (unpaired) electrons. The van der Waals surface area contributed by atoms with Crippen LogP contribution in [0.4, 0.5) is 0 Å². The molecule has 1 atom stereocenters. The van der Waals surface area contributed by atoms with Crippen molar-refractivity contribution in [2.24, 2.45) is 17.4 Å². The number of nitrogens with two attached hydrogens (primary N) is 2. The molecular formula is C16H27N3O. The molecule has 1 amide bonds.